The highest BCUT2D eigenvalue weighted by atomic mass is 16.3. The lowest BCUT2D eigenvalue weighted by Gasteiger charge is -2.29. The number of pyridine rings is 1. The standard InChI is InChI=1S/C22H29NO/c1-2-3-4-5-17-6-8-18(9-7-17)19-10-12-20(13-11-19)22-15-14-21(24)16-23-22/h10-18,24H,2-9H2,1H3/t17-,18-. The maximum Gasteiger partial charge on any atom is 0.133 e. The van der Waals surface area contributed by atoms with E-state index in [1.54, 1.807) is 6.07 Å². The van der Waals surface area contributed by atoms with Crippen LogP contribution in [0.15, 0.2) is 42.6 Å². The monoisotopic (exact) mass is 323 g/mol. The summed E-state index contributed by atoms with van der Waals surface area (Å²) >= 11 is 0. The number of hydrogen-bond acceptors (Lipinski definition) is 2. The zero-order chi connectivity index (χ0) is 16.8. The van der Waals surface area contributed by atoms with E-state index >= 15 is 0 Å². The molecule has 1 aliphatic carbocycles. The smallest absolute Gasteiger partial charge is 0.133 e. The third-order valence-electron chi connectivity index (χ3n) is 5.49. The van der Waals surface area contributed by atoms with Gasteiger partial charge in [0, 0.05) is 5.56 Å². The van der Waals surface area contributed by atoms with Crippen molar-refractivity contribution in [2.75, 3.05) is 0 Å². The molecule has 24 heavy (non-hydrogen) atoms. The molecule has 1 heterocycles. The highest BCUT2D eigenvalue weighted by Crippen LogP contribution is 2.38. The van der Waals surface area contributed by atoms with Crippen LogP contribution in [0.5, 0.6) is 5.75 Å². The average Bonchev–Trinajstić information content (AvgIpc) is 2.63. The van der Waals surface area contributed by atoms with E-state index in [-0.39, 0.29) is 5.75 Å². The summed E-state index contributed by atoms with van der Waals surface area (Å²) in [6.45, 7) is 2.29. The van der Waals surface area contributed by atoms with Crippen LogP contribution in [-0.2, 0) is 0 Å². The molecule has 0 amide bonds. The molecule has 2 nitrogen and oxygen atoms in total. The van der Waals surface area contributed by atoms with Crippen molar-refractivity contribution in [1.82, 2.24) is 4.98 Å². The Balaban J connectivity index is 1.56. The van der Waals surface area contributed by atoms with Crippen molar-refractivity contribution in [3.05, 3.63) is 48.2 Å². The van der Waals surface area contributed by atoms with E-state index in [4.69, 9.17) is 0 Å². The van der Waals surface area contributed by atoms with Gasteiger partial charge in [0.05, 0.1) is 11.9 Å². The Bertz CT molecular complexity index is 609. The summed E-state index contributed by atoms with van der Waals surface area (Å²) in [5.74, 6) is 1.91. The molecule has 1 fully saturated rings. The van der Waals surface area contributed by atoms with Crippen LogP contribution >= 0.6 is 0 Å². The summed E-state index contributed by atoms with van der Waals surface area (Å²) in [6.07, 6.45) is 12.6. The Morgan fingerprint density at radius 3 is 2.33 bits per heavy atom. The Hall–Kier alpha value is -1.83. The zero-order valence-electron chi connectivity index (χ0n) is 14.7. The molecule has 0 unspecified atom stereocenters. The second-order valence-corrected chi connectivity index (χ2v) is 7.24. The molecule has 0 saturated heterocycles. The van der Waals surface area contributed by atoms with E-state index in [0.717, 1.165) is 23.1 Å². The van der Waals surface area contributed by atoms with Crippen LogP contribution in [0.25, 0.3) is 11.3 Å². The van der Waals surface area contributed by atoms with Crippen LogP contribution in [0, 0.1) is 5.92 Å². The van der Waals surface area contributed by atoms with Gasteiger partial charge in [-0.2, -0.15) is 0 Å². The number of hydrogen-bond donors (Lipinski definition) is 1. The number of aromatic nitrogens is 1. The highest BCUT2D eigenvalue weighted by molar-refractivity contribution is 5.59. The van der Waals surface area contributed by atoms with Gasteiger partial charge in [-0.15, -0.1) is 0 Å². The molecule has 0 radical (unpaired) electrons. The molecule has 2 aromatic rings. The van der Waals surface area contributed by atoms with E-state index in [0.29, 0.717) is 0 Å². The Morgan fingerprint density at radius 2 is 1.71 bits per heavy atom. The molecule has 1 aromatic carbocycles. The first-order chi connectivity index (χ1) is 11.8. The van der Waals surface area contributed by atoms with Crippen LogP contribution < -0.4 is 0 Å². The van der Waals surface area contributed by atoms with Crippen LogP contribution in [-0.4, -0.2) is 10.1 Å². The molecule has 0 aliphatic heterocycles. The van der Waals surface area contributed by atoms with E-state index in [2.05, 4.69) is 36.2 Å². The first-order valence-corrected chi connectivity index (χ1v) is 9.51. The molecule has 0 spiro atoms. The van der Waals surface area contributed by atoms with Crippen LogP contribution in [0.4, 0.5) is 0 Å². The van der Waals surface area contributed by atoms with Crippen LogP contribution in [0.3, 0.4) is 0 Å². The third-order valence-corrected chi connectivity index (χ3v) is 5.49. The van der Waals surface area contributed by atoms with Gasteiger partial charge in [-0.05, 0) is 55.2 Å². The number of unbranched alkanes of at least 4 members (excludes halogenated alkanes) is 2. The van der Waals surface area contributed by atoms with Crippen molar-refractivity contribution in [3.63, 3.8) is 0 Å². The molecule has 3 rings (SSSR count). The Morgan fingerprint density at radius 1 is 0.958 bits per heavy atom. The molecule has 1 aliphatic rings. The number of aromatic hydroxyl groups is 1. The maximum atomic E-state index is 9.34. The molecule has 0 atom stereocenters. The van der Waals surface area contributed by atoms with Crippen molar-refractivity contribution >= 4 is 0 Å². The van der Waals surface area contributed by atoms with Crippen molar-refractivity contribution in [1.29, 1.82) is 0 Å². The van der Waals surface area contributed by atoms with Crippen molar-refractivity contribution in [2.45, 2.75) is 64.2 Å². The van der Waals surface area contributed by atoms with Gasteiger partial charge in [0.25, 0.3) is 0 Å². The molecule has 1 N–H and O–H groups in total. The Kier molecular flexibility index (Phi) is 5.90. The van der Waals surface area contributed by atoms with Gasteiger partial charge in [0.1, 0.15) is 5.75 Å². The number of nitrogens with zero attached hydrogens (tertiary/aromatic N) is 1. The maximum absolute atomic E-state index is 9.34. The fraction of sp³-hybridized carbons (Fsp3) is 0.500. The van der Waals surface area contributed by atoms with Crippen molar-refractivity contribution < 1.29 is 5.11 Å². The normalized spacial score (nSPS) is 20.9. The zero-order valence-corrected chi connectivity index (χ0v) is 14.7. The second kappa shape index (κ2) is 8.32. The summed E-state index contributed by atoms with van der Waals surface area (Å²) in [7, 11) is 0. The summed E-state index contributed by atoms with van der Waals surface area (Å²) in [5.41, 5.74) is 3.51. The third kappa shape index (κ3) is 4.37. The van der Waals surface area contributed by atoms with E-state index in [9.17, 15) is 5.11 Å². The topological polar surface area (TPSA) is 33.1 Å². The fourth-order valence-corrected chi connectivity index (χ4v) is 3.95. The van der Waals surface area contributed by atoms with E-state index < -0.39 is 0 Å². The van der Waals surface area contributed by atoms with Crippen LogP contribution in [0.2, 0.25) is 0 Å². The lowest BCUT2D eigenvalue weighted by atomic mass is 9.77. The van der Waals surface area contributed by atoms with Gasteiger partial charge in [-0.25, -0.2) is 0 Å². The quantitative estimate of drug-likeness (QED) is 0.632. The summed E-state index contributed by atoms with van der Waals surface area (Å²) < 4.78 is 0. The largest absolute Gasteiger partial charge is 0.506 e. The first kappa shape index (κ1) is 17.0. The Labute approximate surface area is 146 Å². The predicted molar refractivity (Wildman–Crippen MR) is 100 cm³/mol. The van der Waals surface area contributed by atoms with Gasteiger partial charge in [0.15, 0.2) is 0 Å². The van der Waals surface area contributed by atoms with Crippen molar-refractivity contribution in [2.24, 2.45) is 5.92 Å². The predicted octanol–water partition coefficient (Wildman–Crippen LogP) is 6.31. The van der Waals surface area contributed by atoms with E-state index in [1.165, 1.54) is 63.1 Å². The van der Waals surface area contributed by atoms with Crippen LogP contribution in [0.1, 0.15) is 69.8 Å². The summed E-state index contributed by atoms with van der Waals surface area (Å²) in [6, 6.07) is 12.4. The highest BCUT2D eigenvalue weighted by Gasteiger charge is 2.22. The minimum absolute atomic E-state index is 0.214. The lowest BCUT2D eigenvalue weighted by Crippen LogP contribution is -2.13. The molecule has 0 bridgehead atoms. The van der Waals surface area contributed by atoms with Crippen molar-refractivity contribution in [3.8, 4) is 17.0 Å². The SMILES string of the molecule is CCCCC[C@H]1CC[C@H](c2ccc(-c3ccc(O)cn3)cc2)CC1. The van der Waals surface area contributed by atoms with Gasteiger partial charge < -0.3 is 5.11 Å². The molecule has 1 aromatic heterocycles. The van der Waals surface area contributed by atoms with Gasteiger partial charge >= 0.3 is 0 Å². The molecular formula is C22H29NO. The minimum Gasteiger partial charge on any atom is -0.506 e. The van der Waals surface area contributed by atoms with Gasteiger partial charge in [0.2, 0.25) is 0 Å². The average molecular weight is 323 g/mol. The summed E-state index contributed by atoms with van der Waals surface area (Å²) in [5, 5.41) is 9.34. The molecular weight excluding hydrogens is 294 g/mol. The summed E-state index contributed by atoms with van der Waals surface area (Å²) in [4.78, 5) is 4.29. The molecule has 2 heteroatoms. The number of rotatable bonds is 6. The lowest BCUT2D eigenvalue weighted by molar-refractivity contribution is 0.303. The minimum atomic E-state index is 0.214. The first-order valence-electron chi connectivity index (χ1n) is 9.51. The second-order valence-electron chi connectivity index (χ2n) is 7.24. The molecule has 1 saturated carbocycles. The van der Waals surface area contributed by atoms with Gasteiger partial charge in [-0.3, -0.25) is 4.98 Å². The number of benzene rings is 1. The van der Waals surface area contributed by atoms with Gasteiger partial charge in [-0.1, -0.05) is 56.9 Å². The van der Waals surface area contributed by atoms with E-state index in [1.807, 2.05) is 6.07 Å². The fourth-order valence-electron chi connectivity index (χ4n) is 3.95. The molecule has 128 valence electrons.